The van der Waals surface area contributed by atoms with E-state index in [2.05, 4.69) is 57.2 Å². The highest BCUT2D eigenvalue weighted by Crippen LogP contribution is 2.11. The molecule has 1 atom stereocenters. The Morgan fingerprint density at radius 2 is 0.606 bits per heavy atom. The van der Waals surface area contributed by atoms with Crippen LogP contribution in [-0.4, -0.2) is 37.2 Å². The molecule has 0 N–H and O–H groups in total. The molecule has 1 unspecified atom stereocenters. The van der Waals surface area contributed by atoms with Gasteiger partial charge in [0.05, 0.1) is 0 Å². The highest BCUT2D eigenvalue weighted by molar-refractivity contribution is 5.71. The Kier molecular flexibility index (Phi) is 47.8. The van der Waals surface area contributed by atoms with Gasteiger partial charge in [0.1, 0.15) is 13.2 Å². The number of hydrogen-bond donors (Lipinski definition) is 0. The topological polar surface area (TPSA) is 78.9 Å². The van der Waals surface area contributed by atoms with Crippen LogP contribution >= 0.6 is 0 Å². The van der Waals surface area contributed by atoms with E-state index < -0.39 is 6.10 Å². The average Bonchev–Trinajstić information content (AvgIpc) is 3.31. The van der Waals surface area contributed by atoms with Gasteiger partial charge < -0.3 is 14.2 Å². The summed E-state index contributed by atoms with van der Waals surface area (Å²) in [5.41, 5.74) is 0. The van der Waals surface area contributed by atoms with E-state index in [1.54, 1.807) is 0 Å². The van der Waals surface area contributed by atoms with Crippen molar-refractivity contribution in [2.75, 3.05) is 13.2 Å². The molecule has 66 heavy (non-hydrogen) atoms. The van der Waals surface area contributed by atoms with Crippen LogP contribution in [0.2, 0.25) is 0 Å². The molecule has 0 heterocycles. The second-order valence-electron chi connectivity index (χ2n) is 15.6. The normalized spacial score (nSPS) is 13.7. The van der Waals surface area contributed by atoms with Gasteiger partial charge in [-0.2, -0.15) is 0 Å². The van der Waals surface area contributed by atoms with Gasteiger partial charge in [-0.15, -0.1) is 0 Å². The van der Waals surface area contributed by atoms with Crippen molar-refractivity contribution >= 4 is 17.9 Å². The minimum atomic E-state index is -0.836. The quantitative estimate of drug-likeness (QED) is 0.0200. The van der Waals surface area contributed by atoms with Crippen LogP contribution in [0.3, 0.4) is 0 Å². The van der Waals surface area contributed by atoms with Gasteiger partial charge in [-0.1, -0.05) is 242 Å². The molecule has 0 fully saturated rings. The molecule has 0 aliphatic rings. The Hall–Kier alpha value is -5.49. The van der Waals surface area contributed by atoms with Gasteiger partial charge in [0.2, 0.25) is 0 Å². The van der Waals surface area contributed by atoms with Gasteiger partial charge in [-0.3, -0.25) is 14.4 Å². The summed E-state index contributed by atoms with van der Waals surface area (Å²) in [5.74, 6) is -1.05. The lowest BCUT2D eigenvalue weighted by atomic mass is 10.1. The number of esters is 3. The van der Waals surface area contributed by atoms with Crippen LogP contribution in [0.1, 0.15) is 156 Å². The molecule has 0 aromatic carbocycles. The highest BCUT2D eigenvalue weighted by atomic mass is 16.6. The molecule has 0 rings (SSSR count). The summed E-state index contributed by atoms with van der Waals surface area (Å²) >= 11 is 0. The van der Waals surface area contributed by atoms with Gasteiger partial charge in [-0.25, -0.2) is 0 Å². The van der Waals surface area contributed by atoms with Crippen LogP contribution < -0.4 is 0 Å². The smallest absolute Gasteiger partial charge is 0.306 e. The van der Waals surface area contributed by atoms with Crippen molar-refractivity contribution in [1.29, 1.82) is 0 Å². The maximum absolute atomic E-state index is 12.8. The van der Waals surface area contributed by atoms with E-state index in [9.17, 15) is 14.4 Å². The van der Waals surface area contributed by atoms with Gasteiger partial charge in [-0.05, 0) is 77.0 Å². The van der Waals surface area contributed by atoms with Gasteiger partial charge >= 0.3 is 17.9 Å². The van der Waals surface area contributed by atoms with E-state index in [0.29, 0.717) is 19.3 Å². The van der Waals surface area contributed by atoms with Crippen LogP contribution in [-0.2, 0) is 28.6 Å². The van der Waals surface area contributed by atoms with Crippen LogP contribution in [0.4, 0.5) is 0 Å². The maximum atomic E-state index is 12.8. The molecule has 0 aromatic rings. The number of carbonyl (C=O) groups excluding carboxylic acids is 3. The molecule has 0 aliphatic heterocycles. The molecule has 0 radical (unpaired) electrons. The number of carbonyl (C=O) groups is 3. The van der Waals surface area contributed by atoms with Crippen LogP contribution in [0.5, 0.6) is 0 Å². The summed E-state index contributed by atoms with van der Waals surface area (Å²) in [6.07, 6.45) is 78.6. The Bertz CT molecular complexity index is 1650. The van der Waals surface area contributed by atoms with Crippen molar-refractivity contribution in [1.82, 2.24) is 0 Å². The Morgan fingerprint density at radius 3 is 0.970 bits per heavy atom. The highest BCUT2D eigenvalue weighted by Gasteiger charge is 2.19. The van der Waals surface area contributed by atoms with Gasteiger partial charge in [0.25, 0.3) is 0 Å². The molecular weight excluding hydrogens is 817 g/mol. The molecule has 0 saturated carbocycles. The number of allylic oxidation sites excluding steroid dienone is 30. The van der Waals surface area contributed by atoms with Crippen LogP contribution in [0.15, 0.2) is 182 Å². The molecule has 0 bridgehead atoms. The summed E-state index contributed by atoms with van der Waals surface area (Å²) < 4.78 is 16.7. The molecule has 0 amide bonds. The van der Waals surface area contributed by atoms with Crippen molar-refractivity contribution in [2.45, 2.75) is 162 Å². The third kappa shape index (κ3) is 49.5. The minimum Gasteiger partial charge on any atom is -0.462 e. The zero-order valence-corrected chi connectivity index (χ0v) is 41.1. The lowest BCUT2D eigenvalue weighted by Gasteiger charge is -2.18. The molecule has 0 aliphatic carbocycles. The molecule has 0 aromatic heterocycles. The number of ether oxygens (including phenoxy) is 3. The summed E-state index contributed by atoms with van der Waals surface area (Å²) in [4.78, 5) is 37.9. The van der Waals surface area contributed by atoms with Crippen molar-refractivity contribution in [3.63, 3.8) is 0 Å². The monoisotopic (exact) mass is 903 g/mol. The van der Waals surface area contributed by atoms with Crippen LogP contribution in [0, 0.1) is 0 Å². The molecule has 0 spiro atoms. The van der Waals surface area contributed by atoms with Crippen LogP contribution in [0.25, 0.3) is 0 Å². The standard InChI is InChI=1S/C60H86O6/c1-4-7-10-13-16-19-22-24-26-28-30-32-34-36-38-41-44-47-50-53-59(62)65-56-57(55-64-58(61)52-49-46-43-40-21-18-15-12-9-6-3)66-60(63)54-51-48-45-42-39-37-35-33-31-29-27-25-23-20-17-14-11-8-5-2/h7-8,10-11,13-20,22-39,57H,4-6,9,12,21,40-56H2,1-3H3/b10-7-,11-8-,16-13-,17-14-,18-15-,22-19-,23-20-,26-24-,27-25-,30-28+,31-29+,34-32-,35-33-,38-36-,39-37-. The first kappa shape index (κ1) is 60.5. The summed E-state index contributed by atoms with van der Waals surface area (Å²) in [7, 11) is 0. The second-order valence-corrected chi connectivity index (χ2v) is 15.6. The van der Waals surface area contributed by atoms with E-state index in [1.165, 1.54) is 12.8 Å². The molecular formula is C60H86O6. The summed E-state index contributed by atoms with van der Waals surface area (Å²) in [6, 6.07) is 0. The van der Waals surface area contributed by atoms with E-state index >= 15 is 0 Å². The molecule has 6 heteroatoms. The van der Waals surface area contributed by atoms with Crippen molar-refractivity contribution in [3.8, 4) is 0 Å². The average molecular weight is 903 g/mol. The second kappa shape index (κ2) is 52.1. The SMILES string of the molecule is CC\C=C/C=C\C=C/C=C\C=C\C=C/C=C\CCCCCC(=O)OCC(COC(=O)CCCCCC/C=C\CCCC)OC(=O)CCCCC\C=C/C=C\C=C\C=C/C=C\C=C/C=C\CC. The van der Waals surface area contributed by atoms with E-state index in [4.69, 9.17) is 14.2 Å². The first-order valence-electron chi connectivity index (χ1n) is 25.0. The Balaban J connectivity index is 4.64. The number of rotatable bonds is 41. The van der Waals surface area contributed by atoms with Crippen molar-refractivity contribution < 1.29 is 28.6 Å². The van der Waals surface area contributed by atoms with E-state index in [0.717, 1.165) is 89.9 Å². The van der Waals surface area contributed by atoms with Crippen molar-refractivity contribution in [3.05, 3.63) is 182 Å². The Labute approximate surface area is 402 Å². The molecule has 6 nitrogen and oxygen atoms in total. The van der Waals surface area contributed by atoms with Gasteiger partial charge in [0, 0.05) is 19.3 Å². The maximum Gasteiger partial charge on any atom is 0.306 e. The number of unbranched alkanes of at least 4 members (excludes halogenated alkanes) is 12. The van der Waals surface area contributed by atoms with E-state index in [1.807, 2.05) is 146 Å². The lowest BCUT2D eigenvalue weighted by Crippen LogP contribution is -2.30. The fourth-order valence-electron chi connectivity index (χ4n) is 5.80. The first-order valence-corrected chi connectivity index (χ1v) is 25.0. The lowest BCUT2D eigenvalue weighted by molar-refractivity contribution is -0.167. The van der Waals surface area contributed by atoms with Crippen molar-refractivity contribution in [2.24, 2.45) is 0 Å². The predicted octanol–water partition coefficient (Wildman–Crippen LogP) is 16.6. The third-order valence-corrected chi connectivity index (χ3v) is 9.51. The zero-order chi connectivity index (χ0) is 47.9. The summed E-state index contributed by atoms with van der Waals surface area (Å²) in [5, 5.41) is 0. The van der Waals surface area contributed by atoms with Gasteiger partial charge in [0.15, 0.2) is 6.10 Å². The zero-order valence-electron chi connectivity index (χ0n) is 41.1. The predicted molar refractivity (Wildman–Crippen MR) is 283 cm³/mol. The number of hydrogen-bond acceptors (Lipinski definition) is 6. The third-order valence-electron chi connectivity index (χ3n) is 9.51. The fraction of sp³-hybridized carbons (Fsp3) is 0.450. The Morgan fingerprint density at radius 1 is 0.318 bits per heavy atom. The fourth-order valence-corrected chi connectivity index (χ4v) is 5.80. The first-order chi connectivity index (χ1) is 32.5. The minimum absolute atomic E-state index is 0.129. The molecule has 0 saturated heterocycles. The van der Waals surface area contributed by atoms with E-state index in [-0.39, 0.29) is 44.0 Å². The largest absolute Gasteiger partial charge is 0.462 e. The molecule has 362 valence electrons. The summed E-state index contributed by atoms with van der Waals surface area (Å²) in [6.45, 7) is 6.17.